The Balaban J connectivity index is 1.81. The molecule has 0 bridgehead atoms. The number of aliphatic hydroxyl groups is 1. The van der Waals surface area contributed by atoms with Crippen LogP contribution >= 0.6 is 22.7 Å². The van der Waals surface area contributed by atoms with E-state index in [9.17, 15) is 10.4 Å². The van der Waals surface area contributed by atoms with Crippen LogP contribution < -0.4 is 0 Å². The van der Waals surface area contributed by atoms with Gasteiger partial charge in [0, 0.05) is 10.9 Å². The molecular weight excluding hydrogens is 374 g/mol. The Kier molecular flexibility index (Phi) is 4.58. The second-order valence-electron chi connectivity index (χ2n) is 6.77. The molecule has 0 amide bonds. The van der Waals surface area contributed by atoms with Gasteiger partial charge in [-0.25, -0.2) is 9.97 Å². The number of allylic oxidation sites excluding steroid dienone is 1. The molecule has 6 heteroatoms. The Hall–Kier alpha value is -2.49. The van der Waals surface area contributed by atoms with E-state index in [0.717, 1.165) is 29.2 Å². The minimum Gasteiger partial charge on any atom is -0.505 e. The Bertz CT molecular complexity index is 1120. The first-order chi connectivity index (χ1) is 13.0. The number of aryl methyl sites for hydroxylation is 4. The van der Waals surface area contributed by atoms with Gasteiger partial charge in [0.15, 0.2) is 5.76 Å². The molecule has 1 N–H and O–H groups in total. The van der Waals surface area contributed by atoms with E-state index >= 15 is 0 Å². The Morgan fingerprint density at radius 3 is 2.70 bits per heavy atom. The van der Waals surface area contributed by atoms with Crippen LogP contribution in [0.2, 0.25) is 0 Å². The number of fused-ring (bicyclic) bond motifs is 1. The van der Waals surface area contributed by atoms with Gasteiger partial charge in [0.2, 0.25) is 0 Å². The van der Waals surface area contributed by atoms with Crippen molar-refractivity contribution >= 4 is 34.0 Å². The van der Waals surface area contributed by atoms with Gasteiger partial charge in [-0.05, 0) is 56.7 Å². The van der Waals surface area contributed by atoms with E-state index in [4.69, 9.17) is 4.98 Å². The van der Waals surface area contributed by atoms with Gasteiger partial charge >= 0.3 is 0 Å². The number of benzene rings is 1. The summed E-state index contributed by atoms with van der Waals surface area (Å²) in [6.07, 6.45) is 3.37. The summed E-state index contributed by atoms with van der Waals surface area (Å²) in [5.41, 5.74) is 7.01. The predicted octanol–water partition coefficient (Wildman–Crippen LogP) is 5.63. The summed E-state index contributed by atoms with van der Waals surface area (Å²) in [6.45, 7) is 5.84. The molecule has 0 saturated carbocycles. The molecule has 1 aliphatic carbocycles. The van der Waals surface area contributed by atoms with E-state index in [1.165, 1.54) is 51.3 Å². The maximum absolute atomic E-state index is 10.7. The smallest absolute Gasteiger partial charge is 0.155 e. The van der Waals surface area contributed by atoms with E-state index in [1.807, 2.05) is 19.2 Å². The molecule has 0 unspecified atom stereocenters. The first kappa shape index (κ1) is 17.9. The van der Waals surface area contributed by atoms with Crippen LogP contribution in [0.15, 0.2) is 17.5 Å². The fourth-order valence-corrected chi connectivity index (χ4v) is 5.39. The van der Waals surface area contributed by atoms with Gasteiger partial charge in [0.1, 0.15) is 16.6 Å². The zero-order valence-corrected chi connectivity index (χ0v) is 17.1. The summed E-state index contributed by atoms with van der Waals surface area (Å²) < 4.78 is 0. The van der Waals surface area contributed by atoms with Gasteiger partial charge in [-0.1, -0.05) is 12.1 Å². The lowest BCUT2D eigenvalue weighted by Gasteiger charge is -2.09. The maximum atomic E-state index is 10.7. The molecule has 27 heavy (non-hydrogen) atoms. The highest BCUT2D eigenvalue weighted by Gasteiger charge is 2.22. The standard InChI is InChI=1S/C21H19N3OS2/c1-11-7-8-14-5-4-6-15(14)18(11)17-10-26-21(24-17)16(9-22)19(25)20-12(2)23-13(3)27-20/h7-8,10,25H,4-6H2,1-3H3. The molecule has 0 saturated heterocycles. The number of aliphatic hydroxyl groups excluding tert-OH is 1. The van der Waals surface area contributed by atoms with Crippen molar-refractivity contribution in [2.45, 2.75) is 40.0 Å². The average Bonchev–Trinajstić information content (AvgIpc) is 3.35. The zero-order chi connectivity index (χ0) is 19.1. The SMILES string of the molecule is Cc1nc(C)c(C(O)=C(C#N)c2nc(-c3c(C)ccc4c3CCC4)cs2)s1. The van der Waals surface area contributed by atoms with E-state index in [0.29, 0.717) is 9.88 Å². The number of rotatable bonds is 3. The summed E-state index contributed by atoms with van der Waals surface area (Å²) in [6, 6.07) is 6.51. The van der Waals surface area contributed by atoms with Crippen LogP contribution in [0, 0.1) is 32.1 Å². The highest BCUT2D eigenvalue weighted by Crippen LogP contribution is 2.38. The van der Waals surface area contributed by atoms with Crippen molar-refractivity contribution < 1.29 is 5.11 Å². The molecular formula is C21H19N3OS2. The highest BCUT2D eigenvalue weighted by atomic mass is 32.1. The van der Waals surface area contributed by atoms with Crippen molar-refractivity contribution in [1.29, 1.82) is 5.26 Å². The number of nitrogens with zero attached hydrogens (tertiary/aromatic N) is 3. The van der Waals surface area contributed by atoms with Crippen LogP contribution in [0.25, 0.3) is 22.6 Å². The molecule has 4 nitrogen and oxygen atoms in total. The van der Waals surface area contributed by atoms with Crippen molar-refractivity contribution in [3.63, 3.8) is 0 Å². The van der Waals surface area contributed by atoms with E-state index in [2.05, 4.69) is 30.1 Å². The Labute approximate surface area is 166 Å². The number of hydrogen-bond donors (Lipinski definition) is 1. The fourth-order valence-electron chi connectivity index (χ4n) is 3.71. The summed E-state index contributed by atoms with van der Waals surface area (Å²) in [5.74, 6) is -0.0310. The van der Waals surface area contributed by atoms with Gasteiger partial charge in [0.25, 0.3) is 0 Å². The average molecular weight is 394 g/mol. The van der Waals surface area contributed by atoms with Gasteiger partial charge in [-0.2, -0.15) is 5.26 Å². The topological polar surface area (TPSA) is 69.8 Å². The van der Waals surface area contributed by atoms with Crippen LogP contribution in [0.4, 0.5) is 0 Å². The van der Waals surface area contributed by atoms with Crippen molar-refractivity contribution in [2.24, 2.45) is 0 Å². The van der Waals surface area contributed by atoms with E-state index in [1.54, 1.807) is 0 Å². The number of thiazole rings is 2. The molecule has 2 aromatic heterocycles. The molecule has 0 spiro atoms. The third-order valence-corrected chi connectivity index (χ3v) is 6.87. The number of hydrogen-bond acceptors (Lipinski definition) is 6. The molecule has 4 rings (SSSR count). The summed E-state index contributed by atoms with van der Waals surface area (Å²) in [7, 11) is 0. The lowest BCUT2D eigenvalue weighted by atomic mass is 9.96. The maximum Gasteiger partial charge on any atom is 0.155 e. The van der Waals surface area contributed by atoms with Crippen molar-refractivity contribution in [3.8, 4) is 17.3 Å². The Morgan fingerprint density at radius 2 is 2.00 bits per heavy atom. The predicted molar refractivity (Wildman–Crippen MR) is 111 cm³/mol. The highest BCUT2D eigenvalue weighted by molar-refractivity contribution is 7.13. The van der Waals surface area contributed by atoms with Gasteiger partial charge in [-0.15, -0.1) is 22.7 Å². The summed E-state index contributed by atoms with van der Waals surface area (Å²) in [5, 5.41) is 23.8. The van der Waals surface area contributed by atoms with Gasteiger partial charge in [0.05, 0.1) is 21.3 Å². The van der Waals surface area contributed by atoms with Crippen LogP contribution in [-0.2, 0) is 12.8 Å². The minimum atomic E-state index is -0.0310. The second kappa shape index (κ2) is 6.91. The molecule has 3 aromatic rings. The lowest BCUT2D eigenvalue weighted by molar-refractivity contribution is 0.515. The fraction of sp³-hybridized carbons (Fsp3) is 0.286. The van der Waals surface area contributed by atoms with Crippen LogP contribution in [0.5, 0.6) is 0 Å². The minimum absolute atomic E-state index is 0.0310. The van der Waals surface area contributed by atoms with Crippen molar-refractivity contribution in [3.05, 3.63) is 54.8 Å². The molecule has 0 aliphatic heterocycles. The zero-order valence-electron chi connectivity index (χ0n) is 15.5. The van der Waals surface area contributed by atoms with Gasteiger partial charge < -0.3 is 5.11 Å². The molecule has 0 radical (unpaired) electrons. The van der Waals surface area contributed by atoms with E-state index < -0.39 is 0 Å². The summed E-state index contributed by atoms with van der Waals surface area (Å²) in [4.78, 5) is 9.72. The molecule has 1 aliphatic rings. The van der Waals surface area contributed by atoms with E-state index in [-0.39, 0.29) is 11.3 Å². The molecule has 0 fully saturated rings. The third-order valence-electron chi connectivity index (χ3n) is 4.93. The molecule has 0 atom stereocenters. The number of aromatic nitrogens is 2. The normalized spacial score (nSPS) is 14.0. The summed E-state index contributed by atoms with van der Waals surface area (Å²) >= 11 is 2.79. The monoisotopic (exact) mass is 393 g/mol. The quantitative estimate of drug-likeness (QED) is 0.462. The lowest BCUT2D eigenvalue weighted by Crippen LogP contribution is -1.94. The molecule has 2 heterocycles. The first-order valence-electron chi connectivity index (χ1n) is 8.85. The van der Waals surface area contributed by atoms with Gasteiger partial charge in [-0.3, -0.25) is 0 Å². The number of nitriles is 1. The van der Waals surface area contributed by atoms with Crippen LogP contribution in [-0.4, -0.2) is 15.1 Å². The largest absolute Gasteiger partial charge is 0.505 e. The third kappa shape index (κ3) is 3.07. The molecule has 136 valence electrons. The second-order valence-corrected chi connectivity index (χ2v) is 8.83. The van der Waals surface area contributed by atoms with Crippen LogP contribution in [0.3, 0.4) is 0 Å². The first-order valence-corrected chi connectivity index (χ1v) is 10.5. The van der Waals surface area contributed by atoms with Crippen molar-refractivity contribution in [2.75, 3.05) is 0 Å². The molecule has 1 aromatic carbocycles. The Morgan fingerprint density at radius 1 is 1.19 bits per heavy atom. The van der Waals surface area contributed by atoms with Crippen LogP contribution in [0.1, 0.15) is 43.7 Å². The van der Waals surface area contributed by atoms with Crippen molar-refractivity contribution in [1.82, 2.24) is 9.97 Å².